The Morgan fingerprint density at radius 3 is 3.06 bits per heavy atom. The molecule has 0 radical (unpaired) electrons. The van der Waals surface area contributed by atoms with Crippen LogP contribution in [-0.4, -0.2) is 27.6 Å². The number of aromatic nitrogens is 2. The number of ether oxygens (including phenoxy) is 1. The number of methoxy groups -OCH3 is 1. The normalized spacial score (nSPS) is 10.6. The molecule has 0 amide bonds. The predicted octanol–water partition coefficient (Wildman–Crippen LogP) is 0.285. The summed E-state index contributed by atoms with van der Waals surface area (Å²) < 4.78 is 6.25. The van der Waals surface area contributed by atoms with E-state index in [0.29, 0.717) is 11.3 Å². The highest BCUT2D eigenvalue weighted by atomic mass is 16.5. The number of carbonyl (C=O) groups excluding carboxylic acids is 1. The number of fused-ring (bicyclic) bond motifs is 1. The van der Waals surface area contributed by atoms with E-state index >= 15 is 0 Å². The van der Waals surface area contributed by atoms with Crippen LogP contribution in [0.25, 0.3) is 5.52 Å². The molecular weight excluding hydrogens is 210 g/mol. The molecular formula is C10H11N3O3. The van der Waals surface area contributed by atoms with Crippen LogP contribution in [0.1, 0.15) is 16.3 Å². The van der Waals surface area contributed by atoms with E-state index in [9.17, 15) is 9.90 Å². The van der Waals surface area contributed by atoms with Gasteiger partial charge in [-0.3, -0.25) is 0 Å². The Balaban J connectivity index is 2.73. The van der Waals surface area contributed by atoms with Crippen LogP contribution in [0.4, 0.5) is 0 Å². The Morgan fingerprint density at radius 2 is 2.44 bits per heavy atom. The second kappa shape index (κ2) is 3.82. The number of pyridine rings is 1. The molecule has 84 valence electrons. The number of imidazole rings is 1. The van der Waals surface area contributed by atoms with Crippen LogP contribution in [0.5, 0.6) is 5.75 Å². The zero-order valence-corrected chi connectivity index (χ0v) is 8.67. The van der Waals surface area contributed by atoms with E-state index in [2.05, 4.69) is 9.72 Å². The minimum atomic E-state index is -0.553. The van der Waals surface area contributed by atoms with Crippen molar-refractivity contribution < 1.29 is 14.6 Å². The number of esters is 1. The molecule has 0 aliphatic heterocycles. The van der Waals surface area contributed by atoms with Crippen LogP contribution in [0.2, 0.25) is 0 Å². The van der Waals surface area contributed by atoms with E-state index in [0.717, 1.165) is 0 Å². The number of nitrogens with two attached hydrogens (primary N) is 1. The third-order valence-corrected chi connectivity index (χ3v) is 2.26. The fourth-order valence-corrected chi connectivity index (χ4v) is 1.53. The molecule has 0 aliphatic rings. The average Bonchev–Trinajstić information content (AvgIpc) is 2.66. The van der Waals surface area contributed by atoms with Gasteiger partial charge in [0.15, 0.2) is 5.69 Å². The van der Waals surface area contributed by atoms with E-state index in [-0.39, 0.29) is 18.0 Å². The topological polar surface area (TPSA) is 89.8 Å². The van der Waals surface area contributed by atoms with E-state index in [1.54, 1.807) is 10.6 Å². The summed E-state index contributed by atoms with van der Waals surface area (Å²) in [4.78, 5) is 15.5. The van der Waals surface area contributed by atoms with Crippen molar-refractivity contribution in [2.24, 2.45) is 5.73 Å². The fourth-order valence-electron chi connectivity index (χ4n) is 1.53. The Morgan fingerprint density at radius 1 is 1.69 bits per heavy atom. The molecule has 2 aromatic rings. The van der Waals surface area contributed by atoms with E-state index in [4.69, 9.17) is 5.73 Å². The summed E-state index contributed by atoms with van der Waals surface area (Å²) in [5.74, 6) is 0.0410. The summed E-state index contributed by atoms with van der Waals surface area (Å²) in [6.45, 7) is 0.197. The molecule has 0 saturated heterocycles. The zero-order chi connectivity index (χ0) is 11.7. The highest BCUT2D eigenvalue weighted by molar-refractivity contribution is 5.95. The van der Waals surface area contributed by atoms with Gasteiger partial charge in [-0.1, -0.05) is 0 Å². The quantitative estimate of drug-likeness (QED) is 0.711. The van der Waals surface area contributed by atoms with Crippen LogP contribution in [0, 0.1) is 0 Å². The first-order valence-electron chi connectivity index (χ1n) is 4.65. The maximum Gasteiger partial charge on any atom is 0.358 e. The van der Waals surface area contributed by atoms with Crippen molar-refractivity contribution in [3.63, 3.8) is 0 Å². The van der Waals surface area contributed by atoms with Gasteiger partial charge in [0, 0.05) is 12.3 Å². The number of hydrogen-bond donors (Lipinski definition) is 2. The van der Waals surface area contributed by atoms with E-state index in [1.807, 2.05) is 0 Å². The Labute approximate surface area is 91.3 Å². The van der Waals surface area contributed by atoms with Gasteiger partial charge in [-0.15, -0.1) is 0 Å². The van der Waals surface area contributed by atoms with Gasteiger partial charge in [0.05, 0.1) is 19.2 Å². The van der Waals surface area contributed by atoms with Gasteiger partial charge < -0.3 is 20.0 Å². The molecule has 16 heavy (non-hydrogen) atoms. The van der Waals surface area contributed by atoms with Gasteiger partial charge in [0.1, 0.15) is 11.6 Å². The standard InChI is InChI=1S/C10H11N3O3/c1-16-10(15)9-7-4-6(14)2-3-13(7)8(5-11)12-9/h2-4,14H,5,11H2,1H3. The number of rotatable bonds is 2. The fraction of sp³-hybridized carbons (Fsp3) is 0.200. The van der Waals surface area contributed by atoms with Gasteiger partial charge >= 0.3 is 5.97 Å². The first-order chi connectivity index (χ1) is 7.67. The van der Waals surface area contributed by atoms with Crippen molar-refractivity contribution in [2.75, 3.05) is 7.11 Å². The third kappa shape index (κ3) is 1.49. The molecule has 0 saturated carbocycles. The molecule has 6 heteroatoms. The van der Waals surface area contributed by atoms with Gasteiger partial charge in [-0.2, -0.15) is 0 Å². The second-order valence-corrected chi connectivity index (χ2v) is 3.21. The Kier molecular flexibility index (Phi) is 2.49. The van der Waals surface area contributed by atoms with Gasteiger partial charge in [-0.25, -0.2) is 9.78 Å². The molecule has 0 fully saturated rings. The van der Waals surface area contributed by atoms with Crippen LogP contribution in [0.3, 0.4) is 0 Å². The summed E-state index contributed by atoms with van der Waals surface area (Å²) in [7, 11) is 1.28. The lowest BCUT2D eigenvalue weighted by molar-refractivity contribution is 0.0597. The Hall–Kier alpha value is -2.08. The minimum absolute atomic E-state index is 0.0566. The zero-order valence-electron chi connectivity index (χ0n) is 8.67. The molecule has 0 unspecified atom stereocenters. The Bertz CT molecular complexity index is 547. The highest BCUT2D eigenvalue weighted by Crippen LogP contribution is 2.19. The number of hydrogen-bond acceptors (Lipinski definition) is 5. The lowest BCUT2D eigenvalue weighted by Crippen LogP contribution is -2.03. The molecule has 6 nitrogen and oxygen atoms in total. The van der Waals surface area contributed by atoms with Crippen molar-refractivity contribution in [1.82, 2.24) is 9.38 Å². The highest BCUT2D eigenvalue weighted by Gasteiger charge is 2.17. The summed E-state index contributed by atoms with van der Waals surface area (Å²) in [6.07, 6.45) is 1.60. The first-order valence-corrected chi connectivity index (χ1v) is 4.65. The maximum atomic E-state index is 11.4. The minimum Gasteiger partial charge on any atom is -0.508 e. The summed E-state index contributed by atoms with van der Waals surface area (Å²) in [6, 6.07) is 2.94. The molecule has 2 aromatic heterocycles. The smallest absolute Gasteiger partial charge is 0.358 e. The van der Waals surface area contributed by atoms with E-state index < -0.39 is 5.97 Å². The SMILES string of the molecule is COC(=O)c1nc(CN)n2ccc(O)cc12. The van der Waals surface area contributed by atoms with Crippen molar-refractivity contribution in [3.05, 3.63) is 29.8 Å². The van der Waals surface area contributed by atoms with Gasteiger partial charge in [0.2, 0.25) is 0 Å². The van der Waals surface area contributed by atoms with Gasteiger partial charge in [0.25, 0.3) is 0 Å². The molecule has 0 aromatic carbocycles. The molecule has 0 bridgehead atoms. The molecule has 2 rings (SSSR count). The van der Waals surface area contributed by atoms with Crippen LogP contribution < -0.4 is 5.73 Å². The third-order valence-electron chi connectivity index (χ3n) is 2.26. The van der Waals surface area contributed by atoms with Crippen LogP contribution >= 0.6 is 0 Å². The molecule has 0 aliphatic carbocycles. The second-order valence-electron chi connectivity index (χ2n) is 3.21. The predicted molar refractivity (Wildman–Crippen MR) is 56.1 cm³/mol. The summed E-state index contributed by atoms with van der Waals surface area (Å²) in [5, 5.41) is 9.37. The monoisotopic (exact) mass is 221 g/mol. The molecule has 0 atom stereocenters. The molecule has 0 spiro atoms. The van der Waals surface area contributed by atoms with Crippen molar-refractivity contribution in [2.45, 2.75) is 6.54 Å². The lowest BCUT2D eigenvalue weighted by Gasteiger charge is -1.98. The average molecular weight is 221 g/mol. The molecule has 3 N–H and O–H groups in total. The van der Waals surface area contributed by atoms with Crippen molar-refractivity contribution >= 4 is 11.5 Å². The number of aromatic hydroxyl groups is 1. The van der Waals surface area contributed by atoms with Crippen LogP contribution in [0.15, 0.2) is 18.3 Å². The largest absolute Gasteiger partial charge is 0.508 e. The van der Waals surface area contributed by atoms with E-state index in [1.165, 1.54) is 19.2 Å². The first kappa shape index (κ1) is 10.4. The number of nitrogens with zero attached hydrogens (tertiary/aromatic N) is 2. The lowest BCUT2D eigenvalue weighted by atomic mass is 10.3. The van der Waals surface area contributed by atoms with Crippen molar-refractivity contribution in [1.29, 1.82) is 0 Å². The summed E-state index contributed by atoms with van der Waals surface area (Å²) in [5.41, 5.74) is 6.14. The van der Waals surface area contributed by atoms with Crippen LogP contribution in [-0.2, 0) is 11.3 Å². The van der Waals surface area contributed by atoms with Gasteiger partial charge in [-0.05, 0) is 6.07 Å². The van der Waals surface area contributed by atoms with Crippen molar-refractivity contribution in [3.8, 4) is 5.75 Å². The number of carbonyl (C=O) groups is 1. The maximum absolute atomic E-state index is 11.4. The summed E-state index contributed by atoms with van der Waals surface area (Å²) >= 11 is 0. The molecule has 2 heterocycles.